The first-order valence-electron chi connectivity index (χ1n) is 8.90. The highest BCUT2D eigenvalue weighted by Crippen LogP contribution is 2.21. The van der Waals surface area contributed by atoms with Crippen LogP contribution in [0.1, 0.15) is 29.7 Å². The van der Waals surface area contributed by atoms with Gasteiger partial charge in [-0.3, -0.25) is 10.9 Å². The molecule has 3 aromatic rings. The Morgan fingerprint density at radius 1 is 0.889 bits per heavy atom. The van der Waals surface area contributed by atoms with Crippen LogP contribution in [-0.4, -0.2) is 15.9 Å². The zero-order chi connectivity index (χ0) is 18.5. The molecule has 0 fully saturated rings. The fourth-order valence-electron chi connectivity index (χ4n) is 2.96. The number of para-hydroxylation sites is 1. The molecule has 136 valence electrons. The molecule has 0 saturated carbocycles. The van der Waals surface area contributed by atoms with Crippen LogP contribution in [0.2, 0.25) is 0 Å². The number of nitrogens with zero attached hydrogens (tertiary/aromatic N) is 4. The lowest BCUT2D eigenvalue weighted by molar-refractivity contribution is 0.836. The largest absolute Gasteiger partial charge is 0.277 e. The van der Waals surface area contributed by atoms with Crippen LogP contribution < -0.4 is 15.5 Å². The fourth-order valence-corrected chi connectivity index (χ4v) is 3.59. The van der Waals surface area contributed by atoms with Gasteiger partial charge in [-0.05, 0) is 43.9 Å². The molecule has 2 aromatic carbocycles. The summed E-state index contributed by atoms with van der Waals surface area (Å²) < 4.78 is 0.764. The molecule has 0 unspecified atom stereocenters. The van der Waals surface area contributed by atoms with Gasteiger partial charge in [0.1, 0.15) is 0 Å². The van der Waals surface area contributed by atoms with Crippen LogP contribution >= 0.6 is 11.3 Å². The van der Waals surface area contributed by atoms with Crippen molar-refractivity contribution in [2.75, 3.05) is 10.9 Å². The summed E-state index contributed by atoms with van der Waals surface area (Å²) in [7, 11) is 0. The highest BCUT2D eigenvalue weighted by molar-refractivity contribution is 7.12. The van der Waals surface area contributed by atoms with E-state index in [1.807, 2.05) is 37.3 Å². The summed E-state index contributed by atoms with van der Waals surface area (Å²) in [5.41, 5.74) is 11.4. The van der Waals surface area contributed by atoms with Crippen molar-refractivity contribution in [2.24, 2.45) is 10.2 Å². The molecule has 0 amide bonds. The molecule has 0 atom stereocenters. The van der Waals surface area contributed by atoms with E-state index in [2.05, 4.69) is 55.5 Å². The second kappa shape index (κ2) is 8.09. The van der Waals surface area contributed by atoms with Crippen LogP contribution in [0, 0.1) is 6.92 Å². The van der Waals surface area contributed by atoms with Crippen LogP contribution in [0.3, 0.4) is 0 Å². The summed E-state index contributed by atoms with van der Waals surface area (Å²) in [6.45, 7) is 1.89. The third kappa shape index (κ3) is 4.20. The molecule has 1 aliphatic carbocycles. The summed E-state index contributed by atoms with van der Waals surface area (Å²) in [5, 5.41) is 18.0. The summed E-state index contributed by atoms with van der Waals surface area (Å²) in [5.74, 6) is 0. The molecule has 27 heavy (non-hydrogen) atoms. The quantitative estimate of drug-likeness (QED) is 0.677. The molecular weight excluding hydrogens is 356 g/mol. The van der Waals surface area contributed by atoms with Crippen molar-refractivity contribution in [2.45, 2.75) is 26.2 Å². The van der Waals surface area contributed by atoms with E-state index in [-0.39, 0.29) is 0 Å². The average Bonchev–Trinajstić information content (AvgIpc) is 2.73. The van der Waals surface area contributed by atoms with Gasteiger partial charge in [-0.15, -0.1) is 10.2 Å². The Morgan fingerprint density at radius 3 is 2.59 bits per heavy atom. The number of aryl methyl sites for hydroxylation is 2. The minimum Gasteiger partial charge on any atom is -0.277 e. The molecular formula is C20H20N6S. The smallest absolute Gasteiger partial charge is 0.226 e. The number of hydrogen-bond acceptors (Lipinski definition) is 7. The molecule has 6 nitrogen and oxygen atoms in total. The molecule has 0 spiro atoms. The van der Waals surface area contributed by atoms with Crippen LogP contribution in [0.25, 0.3) is 0 Å². The fraction of sp³-hybridized carbons (Fsp3) is 0.200. The number of benzene rings is 2. The van der Waals surface area contributed by atoms with E-state index in [9.17, 15) is 0 Å². The molecule has 2 N–H and O–H groups in total. The first kappa shape index (κ1) is 17.4. The maximum absolute atomic E-state index is 4.60. The summed E-state index contributed by atoms with van der Waals surface area (Å²) in [4.78, 5) is 0. The standard InChI is InChI=1S/C20H20N6S/c1-14-19(24-22-16-10-3-2-4-11-16)27-20(25-21-14)26-23-18-13-7-9-15-8-5-6-12-17(15)18/h2-6,8,10-12,22H,7,9,13H2,1H3,(H,25,26)/b23-18+,24-19-. The molecule has 4 rings (SSSR count). The number of aromatic nitrogens is 2. The molecule has 1 aromatic heterocycles. The van der Waals surface area contributed by atoms with E-state index in [4.69, 9.17) is 0 Å². The Kier molecular flexibility index (Phi) is 5.20. The zero-order valence-corrected chi connectivity index (χ0v) is 15.8. The SMILES string of the molecule is Cc1nnc(N/N=C2\CCCc3ccccc32)s/c1=N\Nc1ccccc1. The molecule has 0 aliphatic heterocycles. The van der Waals surface area contributed by atoms with Crippen molar-refractivity contribution in [1.29, 1.82) is 0 Å². The Labute approximate surface area is 161 Å². The Hall–Kier alpha value is -3.06. The molecule has 7 heteroatoms. The first-order valence-corrected chi connectivity index (χ1v) is 9.71. The number of rotatable bonds is 4. The first-order chi connectivity index (χ1) is 13.3. The molecule has 0 saturated heterocycles. The van der Waals surface area contributed by atoms with E-state index in [0.29, 0.717) is 5.13 Å². The lowest BCUT2D eigenvalue weighted by Gasteiger charge is -2.17. The lowest BCUT2D eigenvalue weighted by atomic mass is 9.90. The summed E-state index contributed by atoms with van der Waals surface area (Å²) in [6.07, 6.45) is 3.18. The van der Waals surface area contributed by atoms with E-state index < -0.39 is 0 Å². The van der Waals surface area contributed by atoms with E-state index in [0.717, 1.165) is 41.0 Å². The highest BCUT2D eigenvalue weighted by Gasteiger charge is 2.14. The van der Waals surface area contributed by atoms with Gasteiger partial charge in [0.2, 0.25) is 5.13 Å². The van der Waals surface area contributed by atoms with E-state index >= 15 is 0 Å². The number of hydrogen-bond donors (Lipinski definition) is 2. The van der Waals surface area contributed by atoms with Gasteiger partial charge in [0.25, 0.3) is 0 Å². The summed E-state index contributed by atoms with van der Waals surface area (Å²) in [6, 6.07) is 18.3. The second-order valence-electron chi connectivity index (χ2n) is 6.27. The minimum atomic E-state index is 0.616. The maximum atomic E-state index is 4.60. The van der Waals surface area contributed by atoms with Crippen LogP contribution in [0.15, 0.2) is 64.8 Å². The Balaban J connectivity index is 1.55. The van der Waals surface area contributed by atoms with E-state index in [1.165, 1.54) is 22.5 Å². The van der Waals surface area contributed by atoms with Crippen molar-refractivity contribution in [1.82, 2.24) is 10.2 Å². The van der Waals surface area contributed by atoms with Crippen molar-refractivity contribution in [3.05, 3.63) is 76.1 Å². The molecule has 0 bridgehead atoms. The average molecular weight is 376 g/mol. The van der Waals surface area contributed by atoms with Crippen molar-refractivity contribution in [3.63, 3.8) is 0 Å². The third-order valence-electron chi connectivity index (χ3n) is 4.33. The molecule has 0 radical (unpaired) electrons. The Bertz CT molecular complexity index is 1030. The van der Waals surface area contributed by atoms with Crippen LogP contribution in [-0.2, 0) is 6.42 Å². The Morgan fingerprint density at radius 2 is 1.70 bits per heavy atom. The van der Waals surface area contributed by atoms with Crippen molar-refractivity contribution < 1.29 is 0 Å². The normalized spacial score (nSPS) is 15.4. The van der Waals surface area contributed by atoms with Gasteiger partial charge in [-0.25, -0.2) is 0 Å². The van der Waals surface area contributed by atoms with Gasteiger partial charge in [-0.2, -0.15) is 10.2 Å². The summed E-state index contributed by atoms with van der Waals surface area (Å²) >= 11 is 1.42. The van der Waals surface area contributed by atoms with Crippen molar-refractivity contribution in [3.8, 4) is 0 Å². The predicted octanol–water partition coefficient (Wildman–Crippen LogP) is 3.93. The van der Waals surface area contributed by atoms with E-state index in [1.54, 1.807) is 0 Å². The van der Waals surface area contributed by atoms with Gasteiger partial charge in [-0.1, -0.05) is 53.8 Å². The number of nitrogens with one attached hydrogen (secondary N) is 2. The lowest BCUT2D eigenvalue weighted by Crippen LogP contribution is -2.14. The predicted molar refractivity (Wildman–Crippen MR) is 110 cm³/mol. The van der Waals surface area contributed by atoms with Gasteiger partial charge < -0.3 is 0 Å². The van der Waals surface area contributed by atoms with Gasteiger partial charge in [0.05, 0.1) is 17.1 Å². The van der Waals surface area contributed by atoms with Crippen LogP contribution in [0.4, 0.5) is 10.8 Å². The molecule has 1 aliphatic rings. The van der Waals surface area contributed by atoms with Gasteiger partial charge >= 0.3 is 0 Å². The van der Waals surface area contributed by atoms with Crippen LogP contribution in [0.5, 0.6) is 0 Å². The van der Waals surface area contributed by atoms with Gasteiger partial charge in [0, 0.05) is 5.56 Å². The monoisotopic (exact) mass is 376 g/mol. The highest BCUT2D eigenvalue weighted by atomic mass is 32.1. The molecule has 1 heterocycles. The third-order valence-corrected chi connectivity index (χ3v) is 5.27. The maximum Gasteiger partial charge on any atom is 0.226 e. The van der Waals surface area contributed by atoms with Gasteiger partial charge in [0.15, 0.2) is 4.67 Å². The second-order valence-corrected chi connectivity index (χ2v) is 7.25. The minimum absolute atomic E-state index is 0.616. The number of anilines is 2. The van der Waals surface area contributed by atoms with Crippen molar-refractivity contribution >= 4 is 27.9 Å². The zero-order valence-electron chi connectivity index (χ0n) is 15.0. The topological polar surface area (TPSA) is 74.6 Å². The number of fused-ring (bicyclic) bond motifs is 1. The number of hydrazone groups is 1.